The third-order valence-electron chi connectivity index (χ3n) is 4.45. The van der Waals surface area contributed by atoms with E-state index in [1.165, 1.54) is 30.7 Å². The Labute approximate surface area is 150 Å². The quantitative estimate of drug-likeness (QED) is 0.884. The Bertz CT molecular complexity index is 720. The number of rotatable bonds is 5. The highest BCUT2D eigenvalue weighted by molar-refractivity contribution is 7.15. The molecule has 25 heavy (non-hydrogen) atoms. The number of amides is 1. The van der Waals surface area contributed by atoms with Crippen molar-refractivity contribution in [1.29, 1.82) is 0 Å². The Morgan fingerprint density at radius 2 is 2.08 bits per heavy atom. The van der Waals surface area contributed by atoms with Crippen LogP contribution in [0.3, 0.4) is 0 Å². The van der Waals surface area contributed by atoms with Gasteiger partial charge in [0, 0.05) is 43.5 Å². The molecule has 0 aromatic carbocycles. The van der Waals surface area contributed by atoms with E-state index in [0.29, 0.717) is 22.9 Å². The molecule has 1 aliphatic heterocycles. The number of hydrogen-bond acceptors (Lipinski definition) is 6. The summed E-state index contributed by atoms with van der Waals surface area (Å²) in [6.45, 7) is 5.49. The molecule has 0 bridgehead atoms. The van der Waals surface area contributed by atoms with Gasteiger partial charge < -0.3 is 5.32 Å². The van der Waals surface area contributed by atoms with Crippen LogP contribution in [-0.4, -0.2) is 38.3 Å². The number of piperidine rings is 1. The van der Waals surface area contributed by atoms with Crippen LogP contribution in [0.4, 0.5) is 9.52 Å². The molecule has 1 fully saturated rings. The smallest absolute Gasteiger partial charge is 0.223 e. The molecule has 2 aromatic heterocycles. The molecule has 8 heteroatoms. The second-order valence-corrected chi connectivity index (χ2v) is 7.67. The van der Waals surface area contributed by atoms with Crippen LogP contribution in [0.5, 0.6) is 0 Å². The predicted molar refractivity (Wildman–Crippen MR) is 94.7 cm³/mol. The lowest BCUT2D eigenvalue weighted by Gasteiger charge is -2.37. The number of anilines is 1. The standard InChI is InChI=1S/C17H22FN5OS/c1-11-3-4-13(5-16-19-6-14(18)7-20-16)9-23(11)10-15-8-21-17(25-15)22-12(2)24/h6-8,11,13H,3-5,9-10H2,1-2H3,(H,21,22,24)/t11?,13-/m0/s1. The zero-order valence-electron chi connectivity index (χ0n) is 14.4. The van der Waals surface area contributed by atoms with Gasteiger partial charge in [-0.3, -0.25) is 9.69 Å². The normalized spacial score (nSPS) is 21.2. The van der Waals surface area contributed by atoms with Crippen molar-refractivity contribution in [3.05, 3.63) is 35.1 Å². The summed E-state index contributed by atoms with van der Waals surface area (Å²) in [5.74, 6) is 0.658. The third-order valence-corrected chi connectivity index (χ3v) is 5.35. The van der Waals surface area contributed by atoms with Gasteiger partial charge in [0.05, 0.1) is 12.4 Å². The maximum atomic E-state index is 12.9. The van der Waals surface area contributed by atoms with Gasteiger partial charge in [0.15, 0.2) is 10.9 Å². The van der Waals surface area contributed by atoms with Crippen LogP contribution in [0.25, 0.3) is 0 Å². The molecule has 1 saturated heterocycles. The van der Waals surface area contributed by atoms with Crippen molar-refractivity contribution in [2.24, 2.45) is 5.92 Å². The number of halogens is 1. The molecule has 1 unspecified atom stereocenters. The van der Waals surface area contributed by atoms with Gasteiger partial charge in [-0.05, 0) is 25.7 Å². The summed E-state index contributed by atoms with van der Waals surface area (Å²) in [7, 11) is 0. The number of nitrogens with one attached hydrogen (secondary N) is 1. The minimum Gasteiger partial charge on any atom is -0.302 e. The van der Waals surface area contributed by atoms with Gasteiger partial charge in [-0.15, -0.1) is 11.3 Å². The maximum absolute atomic E-state index is 12.9. The van der Waals surface area contributed by atoms with Gasteiger partial charge in [0.2, 0.25) is 5.91 Å². The highest BCUT2D eigenvalue weighted by atomic mass is 32.1. The number of likely N-dealkylation sites (tertiary alicyclic amines) is 1. The van der Waals surface area contributed by atoms with Gasteiger partial charge in [-0.1, -0.05) is 0 Å². The van der Waals surface area contributed by atoms with Gasteiger partial charge >= 0.3 is 0 Å². The fourth-order valence-corrected chi connectivity index (χ4v) is 4.03. The molecule has 0 saturated carbocycles. The molecule has 0 spiro atoms. The Hall–Kier alpha value is -1.93. The lowest BCUT2D eigenvalue weighted by atomic mass is 9.90. The fraction of sp³-hybridized carbons (Fsp3) is 0.529. The molecule has 0 radical (unpaired) electrons. The number of carbonyl (C=O) groups excluding carboxylic acids is 1. The summed E-state index contributed by atoms with van der Waals surface area (Å²) in [6, 6.07) is 0.497. The van der Waals surface area contributed by atoms with Crippen LogP contribution in [0.1, 0.15) is 37.4 Å². The summed E-state index contributed by atoms with van der Waals surface area (Å²) in [6.07, 6.45) is 7.29. The largest absolute Gasteiger partial charge is 0.302 e. The summed E-state index contributed by atoms with van der Waals surface area (Å²) in [5, 5.41) is 3.36. The molecular weight excluding hydrogens is 341 g/mol. The molecule has 6 nitrogen and oxygen atoms in total. The van der Waals surface area contributed by atoms with Crippen LogP contribution in [-0.2, 0) is 17.8 Å². The van der Waals surface area contributed by atoms with Crippen molar-refractivity contribution >= 4 is 22.4 Å². The first-order chi connectivity index (χ1) is 12.0. The van der Waals surface area contributed by atoms with E-state index >= 15 is 0 Å². The van der Waals surface area contributed by atoms with Crippen molar-refractivity contribution in [3.63, 3.8) is 0 Å². The van der Waals surface area contributed by atoms with Gasteiger partial charge in [-0.2, -0.15) is 0 Å². The van der Waals surface area contributed by atoms with Gasteiger partial charge in [0.25, 0.3) is 0 Å². The Kier molecular flexibility index (Phi) is 5.70. The molecule has 2 aromatic rings. The molecule has 2 atom stereocenters. The molecule has 3 heterocycles. The number of nitrogens with zero attached hydrogens (tertiary/aromatic N) is 4. The first-order valence-corrected chi connectivity index (χ1v) is 9.24. The number of hydrogen-bond donors (Lipinski definition) is 1. The molecule has 1 N–H and O–H groups in total. The Morgan fingerprint density at radius 3 is 2.80 bits per heavy atom. The van der Waals surface area contributed by atoms with E-state index in [1.54, 1.807) is 0 Å². The van der Waals surface area contributed by atoms with E-state index in [4.69, 9.17) is 0 Å². The highest BCUT2D eigenvalue weighted by Gasteiger charge is 2.26. The number of carbonyl (C=O) groups is 1. The van der Waals surface area contributed by atoms with Crippen molar-refractivity contribution in [2.75, 3.05) is 11.9 Å². The second kappa shape index (κ2) is 7.97. The van der Waals surface area contributed by atoms with Crippen molar-refractivity contribution in [2.45, 2.75) is 45.7 Å². The minimum absolute atomic E-state index is 0.105. The van der Waals surface area contributed by atoms with Crippen LogP contribution in [0.2, 0.25) is 0 Å². The lowest BCUT2D eigenvalue weighted by Crippen LogP contribution is -2.41. The first-order valence-electron chi connectivity index (χ1n) is 8.42. The van der Waals surface area contributed by atoms with E-state index in [1.807, 2.05) is 6.20 Å². The monoisotopic (exact) mass is 363 g/mol. The van der Waals surface area contributed by atoms with Crippen molar-refractivity contribution in [3.8, 4) is 0 Å². The number of aromatic nitrogens is 3. The molecule has 1 aliphatic rings. The van der Waals surface area contributed by atoms with Crippen LogP contribution >= 0.6 is 11.3 Å². The molecule has 134 valence electrons. The van der Waals surface area contributed by atoms with E-state index in [-0.39, 0.29) is 5.91 Å². The topological polar surface area (TPSA) is 71.0 Å². The predicted octanol–water partition coefficient (Wildman–Crippen LogP) is 2.87. The summed E-state index contributed by atoms with van der Waals surface area (Å²) >= 11 is 1.51. The van der Waals surface area contributed by atoms with Crippen molar-refractivity contribution in [1.82, 2.24) is 19.9 Å². The third kappa shape index (κ3) is 5.02. The second-order valence-electron chi connectivity index (χ2n) is 6.56. The zero-order valence-corrected chi connectivity index (χ0v) is 15.2. The van der Waals surface area contributed by atoms with E-state index < -0.39 is 5.82 Å². The molecule has 0 aliphatic carbocycles. The van der Waals surface area contributed by atoms with Crippen LogP contribution in [0, 0.1) is 11.7 Å². The number of thiazole rings is 1. The van der Waals surface area contributed by atoms with Crippen LogP contribution < -0.4 is 5.32 Å². The zero-order chi connectivity index (χ0) is 17.8. The van der Waals surface area contributed by atoms with E-state index in [9.17, 15) is 9.18 Å². The molecule has 3 rings (SSSR count). The summed E-state index contributed by atoms with van der Waals surface area (Å²) < 4.78 is 12.9. The maximum Gasteiger partial charge on any atom is 0.223 e. The van der Waals surface area contributed by atoms with E-state index in [0.717, 1.165) is 37.2 Å². The van der Waals surface area contributed by atoms with Gasteiger partial charge in [0.1, 0.15) is 5.82 Å². The minimum atomic E-state index is -0.400. The summed E-state index contributed by atoms with van der Waals surface area (Å²) in [4.78, 5) is 27.1. The Balaban J connectivity index is 1.59. The first kappa shape index (κ1) is 17.9. The van der Waals surface area contributed by atoms with Crippen LogP contribution in [0.15, 0.2) is 18.6 Å². The average Bonchev–Trinajstić information content (AvgIpc) is 2.99. The lowest BCUT2D eigenvalue weighted by molar-refractivity contribution is -0.114. The van der Waals surface area contributed by atoms with E-state index in [2.05, 4.69) is 32.1 Å². The fourth-order valence-electron chi connectivity index (χ4n) is 3.14. The average molecular weight is 363 g/mol. The molecular formula is C17H22FN5OS. The SMILES string of the molecule is CC(=O)Nc1ncc(CN2C[C@H](Cc3ncc(F)cn3)CCC2C)s1. The molecule has 1 amide bonds. The van der Waals surface area contributed by atoms with Crippen molar-refractivity contribution < 1.29 is 9.18 Å². The highest BCUT2D eigenvalue weighted by Crippen LogP contribution is 2.27. The Morgan fingerprint density at radius 1 is 1.32 bits per heavy atom. The summed E-state index contributed by atoms with van der Waals surface area (Å²) in [5.41, 5.74) is 0. The van der Waals surface area contributed by atoms with Gasteiger partial charge in [-0.25, -0.2) is 19.3 Å².